The Kier molecular flexibility index (Phi) is 4.66. The average Bonchev–Trinajstić information content (AvgIpc) is 2.40. The molecule has 0 spiro atoms. The summed E-state index contributed by atoms with van der Waals surface area (Å²) in [6.45, 7) is 0. The Hall–Kier alpha value is -1.43. The molecule has 2 N–H and O–H groups in total. The molecule has 1 unspecified atom stereocenters. The Morgan fingerprint density at radius 1 is 0.905 bits per heavy atom. The lowest BCUT2D eigenvalue weighted by molar-refractivity contribution is -0.274. The van der Waals surface area contributed by atoms with Gasteiger partial charge in [-0.1, -0.05) is 41.4 Å². The Bertz CT molecular complexity index is 629. The van der Waals surface area contributed by atoms with Gasteiger partial charge in [-0.25, -0.2) is 0 Å². The molecule has 0 aromatic heterocycles. The van der Waals surface area contributed by atoms with Gasteiger partial charge in [-0.05, 0) is 35.4 Å². The Morgan fingerprint density at radius 3 is 2.00 bits per heavy atom. The molecule has 2 rings (SSSR count). The molecule has 0 aliphatic heterocycles. The summed E-state index contributed by atoms with van der Waals surface area (Å²) >= 11 is 11.7. The van der Waals surface area contributed by atoms with Crippen LogP contribution in [0.25, 0.3) is 0 Å². The topological polar surface area (TPSA) is 35.2 Å². The predicted octanol–water partition coefficient (Wildman–Crippen LogP) is 4.94. The van der Waals surface area contributed by atoms with E-state index >= 15 is 0 Å². The van der Waals surface area contributed by atoms with Crippen LogP contribution in [-0.4, -0.2) is 6.36 Å². The fourth-order valence-corrected chi connectivity index (χ4v) is 2.08. The largest absolute Gasteiger partial charge is 0.573 e. The fourth-order valence-electron chi connectivity index (χ4n) is 1.78. The Balaban J connectivity index is 2.19. The summed E-state index contributed by atoms with van der Waals surface area (Å²) in [5.41, 5.74) is 7.38. The van der Waals surface area contributed by atoms with E-state index in [1.165, 1.54) is 24.3 Å². The third kappa shape index (κ3) is 4.27. The maximum atomic E-state index is 12.1. The van der Waals surface area contributed by atoms with Crippen molar-refractivity contribution in [2.75, 3.05) is 0 Å². The van der Waals surface area contributed by atoms with Crippen LogP contribution in [0.15, 0.2) is 42.5 Å². The molecule has 0 radical (unpaired) electrons. The lowest BCUT2D eigenvalue weighted by Crippen LogP contribution is -2.17. The molecule has 0 fully saturated rings. The molecule has 0 bridgehead atoms. The van der Waals surface area contributed by atoms with Gasteiger partial charge in [0.05, 0.1) is 16.1 Å². The molecule has 2 nitrogen and oxygen atoms in total. The predicted molar refractivity (Wildman–Crippen MR) is 75.6 cm³/mol. The molecule has 0 aliphatic rings. The van der Waals surface area contributed by atoms with Crippen molar-refractivity contribution < 1.29 is 17.9 Å². The molecule has 2 aromatic rings. The van der Waals surface area contributed by atoms with Gasteiger partial charge in [-0.2, -0.15) is 0 Å². The summed E-state index contributed by atoms with van der Waals surface area (Å²) in [7, 11) is 0. The second kappa shape index (κ2) is 6.13. The van der Waals surface area contributed by atoms with Crippen LogP contribution >= 0.6 is 23.2 Å². The zero-order valence-corrected chi connectivity index (χ0v) is 12.0. The lowest BCUT2D eigenvalue weighted by Gasteiger charge is -2.14. The highest BCUT2D eigenvalue weighted by Crippen LogP contribution is 2.29. The quantitative estimate of drug-likeness (QED) is 0.862. The maximum absolute atomic E-state index is 12.1. The number of halogens is 5. The van der Waals surface area contributed by atoms with Crippen LogP contribution in [0.3, 0.4) is 0 Å². The van der Waals surface area contributed by atoms with E-state index in [4.69, 9.17) is 28.9 Å². The molecular weight excluding hydrogens is 326 g/mol. The summed E-state index contributed by atoms with van der Waals surface area (Å²) in [6, 6.07) is 9.76. The number of hydrogen-bond donors (Lipinski definition) is 1. The van der Waals surface area contributed by atoms with Gasteiger partial charge in [0, 0.05) is 0 Å². The normalized spacial score (nSPS) is 13.0. The van der Waals surface area contributed by atoms with E-state index in [9.17, 15) is 13.2 Å². The third-order valence-corrected chi connectivity index (χ3v) is 3.51. The van der Waals surface area contributed by atoms with Gasteiger partial charge in [-0.15, -0.1) is 13.2 Å². The maximum Gasteiger partial charge on any atom is 0.573 e. The van der Waals surface area contributed by atoms with Crippen LogP contribution in [-0.2, 0) is 0 Å². The highest BCUT2D eigenvalue weighted by molar-refractivity contribution is 6.42. The van der Waals surface area contributed by atoms with Gasteiger partial charge >= 0.3 is 6.36 Å². The molecule has 112 valence electrons. The lowest BCUT2D eigenvalue weighted by atomic mass is 10.00. The van der Waals surface area contributed by atoms with E-state index in [1.807, 2.05) is 0 Å². The highest BCUT2D eigenvalue weighted by atomic mass is 35.5. The number of rotatable bonds is 3. The number of ether oxygens (including phenoxy) is 1. The molecule has 0 heterocycles. The van der Waals surface area contributed by atoms with E-state index in [0.29, 0.717) is 21.2 Å². The van der Waals surface area contributed by atoms with E-state index in [-0.39, 0.29) is 5.75 Å². The molecule has 21 heavy (non-hydrogen) atoms. The van der Waals surface area contributed by atoms with Crippen molar-refractivity contribution in [3.63, 3.8) is 0 Å². The molecule has 0 amide bonds. The van der Waals surface area contributed by atoms with Crippen LogP contribution in [0.5, 0.6) is 5.75 Å². The second-order valence-corrected chi connectivity index (χ2v) is 5.08. The van der Waals surface area contributed by atoms with Crippen LogP contribution in [0.2, 0.25) is 10.0 Å². The first-order valence-corrected chi connectivity index (χ1v) is 6.58. The summed E-state index contributed by atoms with van der Waals surface area (Å²) in [5, 5.41) is 0.767. The minimum atomic E-state index is -4.71. The van der Waals surface area contributed by atoms with E-state index < -0.39 is 12.4 Å². The van der Waals surface area contributed by atoms with E-state index in [1.54, 1.807) is 18.2 Å². The summed E-state index contributed by atoms with van der Waals surface area (Å²) in [5.74, 6) is -0.299. The minimum absolute atomic E-state index is 0.299. The SMILES string of the molecule is NC(c1ccc(OC(F)(F)F)cc1)c1ccc(Cl)c(Cl)c1. The van der Waals surface area contributed by atoms with Gasteiger partial charge in [0.25, 0.3) is 0 Å². The molecule has 0 saturated carbocycles. The van der Waals surface area contributed by atoms with Crippen molar-refractivity contribution in [1.29, 1.82) is 0 Å². The third-order valence-electron chi connectivity index (χ3n) is 2.78. The molecule has 0 saturated heterocycles. The average molecular weight is 336 g/mol. The van der Waals surface area contributed by atoms with Gasteiger partial charge in [0.2, 0.25) is 0 Å². The molecule has 0 aliphatic carbocycles. The van der Waals surface area contributed by atoms with Crippen molar-refractivity contribution in [2.24, 2.45) is 5.73 Å². The number of benzene rings is 2. The van der Waals surface area contributed by atoms with Crippen molar-refractivity contribution in [1.82, 2.24) is 0 Å². The van der Waals surface area contributed by atoms with Crippen molar-refractivity contribution >= 4 is 23.2 Å². The zero-order chi connectivity index (χ0) is 15.6. The summed E-state index contributed by atoms with van der Waals surface area (Å²) in [4.78, 5) is 0. The number of nitrogens with two attached hydrogens (primary N) is 1. The summed E-state index contributed by atoms with van der Waals surface area (Å²) < 4.78 is 40.0. The van der Waals surface area contributed by atoms with Gasteiger partial charge < -0.3 is 10.5 Å². The van der Waals surface area contributed by atoms with E-state index in [0.717, 1.165) is 0 Å². The first-order chi connectivity index (χ1) is 9.76. The van der Waals surface area contributed by atoms with E-state index in [2.05, 4.69) is 4.74 Å². The molecule has 1 atom stereocenters. The van der Waals surface area contributed by atoms with Crippen molar-refractivity contribution in [3.05, 3.63) is 63.6 Å². The minimum Gasteiger partial charge on any atom is -0.406 e. The van der Waals surface area contributed by atoms with Crippen LogP contribution in [0.4, 0.5) is 13.2 Å². The Morgan fingerprint density at radius 2 is 1.48 bits per heavy atom. The molecule has 2 aromatic carbocycles. The van der Waals surface area contributed by atoms with Gasteiger partial charge in [-0.3, -0.25) is 0 Å². The number of hydrogen-bond acceptors (Lipinski definition) is 2. The van der Waals surface area contributed by atoms with Crippen LogP contribution in [0, 0.1) is 0 Å². The number of alkyl halides is 3. The fraction of sp³-hybridized carbons (Fsp3) is 0.143. The smallest absolute Gasteiger partial charge is 0.406 e. The standard InChI is InChI=1S/C14H10Cl2F3NO/c15-11-6-3-9(7-12(11)16)13(20)8-1-4-10(5-2-8)21-14(17,18)19/h1-7,13H,20H2. The van der Waals surface area contributed by atoms with Crippen LogP contribution in [0.1, 0.15) is 17.2 Å². The highest BCUT2D eigenvalue weighted by Gasteiger charge is 2.31. The molecule has 7 heteroatoms. The van der Waals surface area contributed by atoms with Gasteiger partial charge in [0.1, 0.15) is 5.75 Å². The van der Waals surface area contributed by atoms with Gasteiger partial charge in [0.15, 0.2) is 0 Å². The van der Waals surface area contributed by atoms with Crippen molar-refractivity contribution in [3.8, 4) is 5.75 Å². The first kappa shape index (κ1) is 15.9. The first-order valence-electron chi connectivity index (χ1n) is 5.82. The van der Waals surface area contributed by atoms with Crippen LogP contribution < -0.4 is 10.5 Å². The molecular formula is C14H10Cl2F3NO. The van der Waals surface area contributed by atoms with Crippen molar-refractivity contribution in [2.45, 2.75) is 12.4 Å². The second-order valence-electron chi connectivity index (χ2n) is 4.27. The zero-order valence-electron chi connectivity index (χ0n) is 10.5. The monoisotopic (exact) mass is 335 g/mol. The Labute approximate surface area is 129 Å². The summed E-state index contributed by atoms with van der Waals surface area (Å²) in [6.07, 6.45) is -4.71.